The summed E-state index contributed by atoms with van der Waals surface area (Å²) in [6, 6.07) is 0.407. The van der Waals surface area contributed by atoms with Crippen molar-refractivity contribution in [3.05, 3.63) is 0 Å². The molecule has 1 saturated carbocycles. The number of aliphatic hydroxyl groups excluding tert-OH is 1. The Morgan fingerprint density at radius 1 is 1.46 bits per heavy atom. The Kier molecular flexibility index (Phi) is 2.39. The first kappa shape index (κ1) is 9.16. The number of Topliss-reactive ketones (excluding diaryl/α,β-unsaturated/α-hetero) is 1. The Morgan fingerprint density at radius 3 is 2.77 bits per heavy atom. The van der Waals surface area contributed by atoms with E-state index in [0.717, 1.165) is 25.9 Å². The van der Waals surface area contributed by atoms with E-state index in [4.69, 9.17) is 0 Å². The molecule has 0 bridgehead atoms. The molecule has 2 unspecified atom stereocenters. The van der Waals surface area contributed by atoms with Crippen LogP contribution in [-0.4, -0.2) is 41.0 Å². The molecule has 1 aliphatic heterocycles. The fourth-order valence-electron chi connectivity index (χ4n) is 2.37. The molecule has 0 amide bonds. The minimum absolute atomic E-state index is 0.149. The molecule has 0 radical (unpaired) electrons. The van der Waals surface area contributed by atoms with Crippen LogP contribution in [0.5, 0.6) is 0 Å². The minimum atomic E-state index is -0.149. The van der Waals surface area contributed by atoms with E-state index in [-0.39, 0.29) is 6.10 Å². The second kappa shape index (κ2) is 3.39. The van der Waals surface area contributed by atoms with Crippen LogP contribution in [0.4, 0.5) is 0 Å². The Hall–Kier alpha value is -0.410. The number of likely N-dealkylation sites (tertiary alicyclic amines) is 1. The Balaban J connectivity index is 1.92. The van der Waals surface area contributed by atoms with Crippen molar-refractivity contribution in [1.29, 1.82) is 0 Å². The second-order valence-electron chi connectivity index (χ2n) is 4.43. The Labute approximate surface area is 78.7 Å². The maximum atomic E-state index is 11.3. The first-order valence-corrected chi connectivity index (χ1v) is 5.10. The fourth-order valence-corrected chi connectivity index (χ4v) is 2.37. The number of β-amino-alcohol motifs (C(OH)–C–C–N with tert-alkyl or cyclic N) is 1. The molecule has 1 N–H and O–H groups in total. The molecule has 0 aromatic carbocycles. The topological polar surface area (TPSA) is 40.5 Å². The van der Waals surface area contributed by atoms with E-state index in [1.807, 2.05) is 0 Å². The van der Waals surface area contributed by atoms with E-state index in [0.29, 0.717) is 24.2 Å². The van der Waals surface area contributed by atoms with Crippen molar-refractivity contribution in [2.75, 3.05) is 13.1 Å². The van der Waals surface area contributed by atoms with Crippen molar-refractivity contribution in [3.63, 3.8) is 0 Å². The van der Waals surface area contributed by atoms with E-state index < -0.39 is 0 Å². The van der Waals surface area contributed by atoms with E-state index in [1.165, 1.54) is 0 Å². The SMILES string of the molecule is CC1CCC(=O)CC1N1CC(O)C1. The highest BCUT2D eigenvalue weighted by Crippen LogP contribution is 2.28. The lowest BCUT2D eigenvalue weighted by Crippen LogP contribution is -2.58. The van der Waals surface area contributed by atoms with Gasteiger partial charge in [0.05, 0.1) is 6.10 Å². The van der Waals surface area contributed by atoms with E-state index in [1.54, 1.807) is 0 Å². The van der Waals surface area contributed by atoms with Gasteiger partial charge in [-0.15, -0.1) is 0 Å². The summed E-state index contributed by atoms with van der Waals surface area (Å²) in [5.74, 6) is 1.01. The van der Waals surface area contributed by atoms with Crippen molar-refractivity contribution in [2.24, 2.45) is 5.92 Å². The van der Waals surface area contributed by atoms with Crippen LogP contribution < -0.4 is 0 Å². The molecule has 2 rings (SSSR count). The summed E-state index contributed by atoms with van der Waals surface area (Å²) in [4.78, 5) is 13.5. The molecule has 2 atom stereocenters. The van der Waals surface area contributed by atoms with Gasteiger partial charge < -0.3 is 5.11 Å². The van der Waals surface area contributed by atoms with Gasteiger partial charge in [0, 0.05) is 32.0 Å². The molecule has 0 aromatic rings. The molecule has 1 aliphatic carbocycles. The number of hydrogen-bond acceptors (Lipinski definition) is 3. The van der Waals surface area contributed by atoms with E-state index in [9.17, 15) is 9.90 Å². The Morgan fingerprint density at radius 2 is 2.15 bits per heavy atom. The lowest BCUT2D eigenvalue weighted by molar-refractivity contribution is -0.126. The van der Waals surface area contributed by atoms with Crippen LogP contribution >= 0.6 is 0 Å². The molecule has 2 fully saturated rings. The third-order valence-electron chi connectivity index (χ3n) is 3.33. The van der Waals surface area contributed by atoms with Gasteiger partial charge in [0.25, 0.3) is 0 Å². The van der Waals surface area contributed by atoms with Gasteiger partial charge in [0.1, 0.15) is 5.78 Å². The highest BCUT2D eigenvalue weighted by molar-refractivity contribution is 5.79. The predicted molar refractivity (Wildman–Crippen MR) is 49.4 cm³/mol. The van der Waals surface area contributed by atoms with Crippen LogP contribution in [0.1, 0.15) is 26.2 Å². The van der Waals surface area contributed by atoms with Gasteiger partial charge in [-0.1, -0.05) is 6.92 Å². The summed E-state index contributed by atoms with van der Waals surface area (Å²) in [6.45, 7) is 3.74. The van der Waals surface area contributed by atoms with Crippen molar-refractivity contribution in [2.45, 2.75) is 38.3 Å². The maximum absolute atomic E-state index is 11.3. The smallest absolute Gasteiger partial charge is 0.134 e. The number of rotatable bonds is 1. The quantitative estimate of drug-likeness (QED) is 0.640. The van der Waals surface area contributed by atoms with E-state index >= 15 is 0 Å². The zero-order valence-corrected chi connectivity index (χ0v) is 8.07. The van der Waals surface area contributed by atoms with Crippen LogP contribution in [0.3, 0.4) is 0 Å². The molecular weight excluding hydrogens is 166 g/mol. The molecule has 2 aliphatic rings. The average molecular weight is 183 g/mol. The van der Waals surface area contributed by atoms with Crippen molar-refractivity contribution in [3.8, 4) is 0 Å². The summed E-state index contributed by atoms with van der Waals surface area (Å²) in [6.07, 6.45) is 2.34. The number of aliphatic hydroxyl groups is 1. The molecule has 3 nitrogen and oxygen atoms in total. The predicted octanol–water partition coefficient (Wildman–Crippen LogP) is 0.421. The van der Waals surface area contributed by atoms with Crippen LogP contribution in [0, 0.1) is 5.92 Å². The van der Waals surface area contributed by atoms with Crippen LogP contribution in [-0.2, 0) is 4.79 Å². The van der Waals surface area contributed by atoms with Gasteiger partial charge >= 0.3 is 0 Å². The number of carbonyl (C=O) groups is 1. The lowest BCUT2D eigenvalue weighted by atomic mass is 9.82. The highest BCUT2D eigenvalue weighted by atomic mass is 16.3. The molecule has 1 saturated heterocycles. The summed E-state index contributed by atoms with van der Waals surface area (Å²) < 4.78 is 0. The number of nitrogens with zero attached hydrogens (tertiary/aromatic N) is 1. The third-order valence-corrected chi connectivity index (χ3v) is 3.33. The largest absolute Gasteiger partial charge is 0.390 e. The van der Waals surface area contributed by atoms with Gasteiger partial charge in [-0.3, -0.25) is 9.69 Å². The van der Waals surface area contributed by atoms with Crippen LogP contribution in [0.2, 0.25) is 0 Å². The normalized spacial score (nSPS) is 37.5. The first-order chi connectivity index (χ1) is 6.16. The first-order valence-electron chi connectivity index (χ1n) is 5.10. The lowest BCUT2D eigenvalue weighted by Gasteiger charge is -2.45. The Bertz CT molecular complexity index is 211. The zero-order chi connectivity index (χ0) is 9.42. The highest BCUT2D eigenvalue weighted by Gasteiger charge is 2.36. The van der Waals surface area contributed by atoms with Gasteiger partial charge in [0.15, 0.2) is 0 Å². The van der Waals surface area contributed by atoms with Gasteiger partial charge in [-0.05, 0) is 12.3 Å². The molecule has 0 spiro atoms. The number of hydrogen-bond donors (Lipinski definition) is 1. The average Bonchev–Trinajstić information content (AvgIpc) is 2.04. The van der Waals surface area contributed by atoms with Gasteiger partial charge in [-0.25, -0.2) is 0 Å². The number of carbonyl (C=O) groups excluding carboxylic acids is 1. The summed E-state index contributed by atoms with van der Waals surface area (Å²) in [7, 11) is 0. The van der Waals surface area contributed by atoms with Crippen molar-refractivity contribution >= 4 is 5.78 Å². The zero-order valence-electron chi connectivity index (χ0n) is 8.07. The minimum Gasteiger partial charge on any atom is -0.390 e. The fraction of sp³-hybridized carbons (Fsp3) is 0.900. The van der Waals surface area contributed by atoms with E-state index in [2.05, 4.69) is 11.8 Å². The van der Waals surface area contributed by atoms with Gasteiger partial charge in [0.2, 0.25) is 0 Å². The molecular formula is C10H17NO2. The van der Waals surface area contributed by atoms with Crippen molar-refractivity contribution < 1.29 is 9.90 Å². The molecule has 0 aromatic heterocycles. The monoisotopic (exact) mass is 183 g/mol. The van der Waals surface area contributed by atoms with Crippen LogP contribution in [0.15, 0.2) is 0 Å². The number of ketones is 1. The molecule has 74 valence electrons. The summed E-state index contributed by atoms with van der Waals surface area (Å²) in [5.41, 5.74) is 0. The third kappa shape index (κ3) is 1.76. The van der Waals surface area contributed by atoms with Crippen molar-refractivity contribution in [1.82, 2.24) is 4.90 Å². The standard InChI is InChI=1S/C10H17NO2/c1-7-2-3-8(12)4-10(7)11-5-9(13)6-11/h7,9-10,13H,2-6H2,1H3. The maximum Gasteiger partial charge on any atom is 0.134 e. The molecule has 1 heterocycles. The van der Waals surface area contributed by atoms with Crippen LogP contribution in [0.25, 0.3) is 0 Å². The summed E-state index contributed by atoms with van der Waals surface area (Å²) >= 11 is 0. The summed E-state index contributed by atoms with van der Waals surface area (Å²) in [5, 5.41) is 9.17. The molecule has 13 heavy (non-hydrogen) atoms. The van der Waals surface area contributed by atoms with Gasteiger partial charge in [-0.2, -0.15) is 0 Å². The second-order valence-corrected chi connectivity index (χ2v) is 4.43. The molecule has 3 heteroatoms.